The molecule has 2 saturated heterocycles. The molecule has 0 radical (unpaired) electrons. The predicted octanol–water partition coefficient (Wildman–Crippen LogP) is 5.68. The minimum Gasteiger partial charge on any atom is -0.507 e. The third-order valence-corrected chi connectivity index (χ3v) is 7.56. The van der Waals surface area contributed by atoms with Gasteiger partial charge < -0.3 is 25.5 Å². The summed E-state index contributed by atoms with van der Waals surface area (Å²) in [5.74, 6) is -1.23. The smallest absolute Gasteiger partial charge is 0.229 e. The van der Waals surface area contributed by atoms with Gasteiger partial charge in [-0.1, -0.05) is 17.7 Å². The van der Waals surface area contributed by atoms with Crippen molar-refractivity contribution in [2.45, 2.75) is 24.9 Å². The largest absolute Gasteiger partial charge is 0.507 e. The van der Waals surface area contributed by atoms with Crippen LogP contribution in [-0.2, 0) is 0 Å². The average Bonchev–Trinajstić information content (AvgIpc) is 3.23. The lowest BCUT2D eigenvalue weighted by molar-refractivity contribution is 0.464. The Morgan fingerprint density at radius 3 is 2.39 bits per heavy atom. The molecule has 10 heteroatoms. The van der Waals surface area contributed by atoms with Gasteiger partial charge in [0.25, 0.3) is 0 Å². The van der Waals surface area contributed by atoms with Gasteiger partial charge in [0.2, 0.25) is 5.95 Å². The van der Waals surface area contributed by atoms with Crippen molar-refractivity contribution in [1.82, 2.24) is 15.3 Å². The summed E-state index contributed by atoms with van der Waals surface area (Å²) in [7, 11) is 3.92. The van der Waals surface area contributed by atoms with E-state index in [0.29, 0.717) is 36.4 Å². The van der Waals surface area contributed by atoms with Crippen molar-refractivity contribution >= 4 is 45.6 Å². The fourth-order valence-electron chi connectivity index (χ4n) is 5.41. The summed E-state index contributed by atoms with van der Waals surface area (Å²) < 4.78 is 31.0. The zero-order valence-corrected chi connectivity index (χ0v) is 21.7. The lowest BCUT2D eigenvalue weighted by atomic mass is 10.0. The summed E-state index contributed by atoms with van der Waals surface area (Å²) in [5, 5.41) is 17.6. The monoisotopic (exact) mass is 536 g/mol. The predicted molar refractivity (Wildman–Crippen MR) is 148 cm³/mol. The SMILES string of the molecule is CN(C)c1ccc(Nc2nc(N3CC4CCC(C3)N4)c3cc(Cl)c(-c4c(O)cccc4F)c(F)c3n2)cc1. The van der Waals surface area contributed by atoms with E-state index in [4.69, 9.17) is 16.6 Å². The molecule has 38 heavy (non-hydrogen) atoms. The van der Waals surface area contributed by atoms with Crippen LogP contribution in [-0.4, -0.2) is 54.3 Å². The second-order valence-electron chi connectivity index (χ2n) is 10.1. The van der Waals surface area contributed by atoms with E-state index >= 15 is 4.39 Å². The summed E-state index contributed by atoms with van der Waals surface area (Å²) in [6.07, 6.45) is 2.14. The number of nitrogens with zero attached hydrogens (tertiary/aromatic N) is 4. The molecule has 0 aliphatic carbocycles. The minimum atomic E-state index is -0.819. The highest BCUT2D eigenvalue weighted by molar-refractivity contribution is 6.34. The Kier molecular flexibility index (Phi) is 6.20. The molecule has 3 aromatic carbocycles. The van der Waals surface area contributed by atoms with Crippen molar-refractivity contribution in [2.75, 3.05) is 42.3 Å². The topological polar surface area (TPSA) is 76.5 Å². The van der Waals surface area contributed by atoms with Gasteiger partial charge in [-0.05, 0) is 55.3 Å². The first-order chi connectivity index (χ1) is 18.3. The van der Waals surface area contributed by atoms with E-state index in [1.165, 1.54) is 12.1 Å². The first-order valence-corrected chi connectivity index (χ1v) is 12.9. The highest BCUT2D eigenvalue weighted by Crippen LogP contribution is 2.43. The summed E-state index contributed by atoms with van der Waals surface area (Å²) in [4.78, 5) is 13.5. The average molecular weight is 537 g/mol. The lowest BCUT2D eigenvalue weighted by Gasteiger charge is -2.34. The third-order valence-electron chi connectivity index (χ3n) is 7.26. The number of phenolic OH excluding ortho intramolecular Hbond substituents is 1. The zero-order valence-electron chi connectivity index (χ0n) is 21.0. The van der Waals surface area contributed by atoms with Crippen molar-refractivity contribution < 1.29 is 13.9 Å². The molecule has 1 aromatic heterocycles. The van der Waals surface area contributed by atoms with Gasteiger partial charge in [0.15, 0.2) is 5.82 Å². The highest BCUT2D eigenvalue weighted by atomic mass is 35.5. The van der Waals surface area contributed by atoms with Gasteiger partial charge in [0.05, 0.1) is 10.6 Å². The summed E-state index contributed by atoms with van der Waals surface area (Å²) in [6.45, 7) is 1.43. The molecule has 7 nitrogen and oxygen atoms in total. The molecule has 196 valence electrons. The van der Waals surface area contributed by atoms with Gasteiger partial charge in [0, 0.05) is 61.6 Å². The number of nitrogens with one attached hydrogen (secondary N) is 2. The van der Waals surface area contributed by atoms with Crippen molar-refractivity contribution in [3.63, 3.8) is 0 Å². The van der Waals surface area contributed by atoms with Crippen molar-refractivity contribution in [3.05, 3.63) is 65.2 Å². The first-order valence-electron chi connectivity index (χ1n) is 12.5. The number of phenols is 1. The van der Waals surface area contributed by atoms with Crippen LogP contribution >= 0.6 is 11.6 Å². The van der Waals surface area contributed by atoms with Gasteiger partial charge in [-0.2, -0.15) is 4.98 Å². The maximum Gasteiger partial charge on any atom is 0.229 e. The zero-order chi connectivity index (χ0) is 26.6. The molecule has 6 rings (SSSR count). The molecule has 2 aliphatic heterocycles. The fourth-order valence-corrected chi connectivity index (χ4v) is 5.69. The number of hydrogen-bond donors (Lipinski definition) is 3. The lowest BCUT2D eigenvalue weighted by Crippen LogP contribution is -2.51. The Bertz CT molecular complexity index is 1500. The first kappa shape index (κ1) is 24.6. The van der Waals surface area contributed by atoms with Crippen LogP contribution in [0, 0.1) is 11.6 Å². The van der Waals surface area contributed by atoms with Crippen LogP contribution in [0.25, 0.3) is 22.0 Å². The second kappa shape index (κ2) is 9.56. The van der Waals surface area contributed by atoms with E-state index in [1.54, 1.807) is 6.07 Å². The van der Waals surface area contributed by atoms with Crippen LogP contribution < -0.4 is 20.4 Å². The summed E-state index contributed by atoms with van der Waals surface area (Å²) in [5.41, 5.74) is 1.23. The van der Waals surface area contributed by atoms with E-state index in [1.807, 2.05) is 43.3 Å². The van der Waals surface area contributed by atoms with E-state index in [-0.39, 0.29) is 27.6 Å². The molecule has 4 aromatic rings. The minimum absolute atomic E-state index is 0.00431. The number of rotatable bonds is 5. The summed E-state index contributed by atoms with van der Waals surface area (Å²) in [6, 6.07) is 13.7. The number of piperazine rings is 1. The number of hydrogen-bond acceptors (Lipinski definition) is 7. The molecule has 2 aliphatic rings. The van der Waals surface area contributed by atoms with Crippen LogP contribution in [0.2, 0.25) is 5.02 Å². The van der Waals surface area contributed by atoms with Gasteiger partial charge in [-0.15, -0.1) is 0 Å². The molecule has 2 unspecified atom stereocenters. The Hall–Kier alpha value is -3.69. The fraction of sp³-hybridized carbons (Fsp3) is 0.286. The van der Waals surface area contributed by atoms with Crippen molar-refractivity contribution in [2.24, 2.45) is 0 Å². The number of aromatic nitrogens is 2. The van der Waals surface area contributed by atoms with Crippen LogP contribution in [0.15, 0.2) is 48.5 Å². The van der Waals surface area contributed by atoms with Crippen LogP contribution in [0.1, 0.15) is 12.8 Å². The van der Waals surface area contributed by atoms with Gasteiger partial charge in [-0.3, -0.25) is 0 Å². The molecule has 0 saturated carbocycles. The highest BCUT2D eigenvalue weighted by Gasteiger charge is 2.34. The van der Waals surface area contributed by atoms with Crippen molar-refractivity contribution in [3.8, 4) is 16.9 Å². The second-order valence-corrected chi connectivity index (χ2v) is 10.5. The molecule has 0 amide bonds. The molecule has 3 N–H and O–H groups in total. The maximum atomic E-state index is 16.2. The number of aromatic hydroxyl groups is 1. The molecule has 2 atom stereocenters. The van der Waals surface area contributed by atoms with Crippen molar-refractivity contribution in [1.29, 1.82) is 0 Å². The Morgan fingerprint density at radius 1 is 1.03 bits per heavy atom. The Labute approximate surface area is 224 Å². The van der Waals surface area contributed by atoms with E-state index < -0.39 is 17.4 Å². The molecule has 0 spiro atoms. The van der Waals surface area contributed by atoms with E-state index in [2.05, 4.69) is 20.5 Å². The van der Waals surface area contributed by atoms with E-state index in [0.717, 1.165) is 30.3 Å². The number of fused-ring (bicyclic) bond motifs is 3. The quantitative estimate of drug-likeness (QED) is 0.303. The maximum absolute atomic E-state index is 16.2. The molecular formula is C28H27ClF2N6O. The van der Waals surface area contributed by atoms with Gasteiger partial charge in [-0.25, -0.2) is 13.8 Å². The van der Waals surface area contributed by atoms with Gasteiger partial charge in [0.1, 0.15) is 22.9 Å². The molecule has 2 bridgehead atoms. The van der Waals surface area contributed by atoms with Crippen LogP contribution in [0.4, 0.5) is 31.9 Å². The number of benzene rings is 3. The number of anilines is 4. The number of halogens is 3. The Morgan fingerprint density at radius 2 is 1.74 bits per heavy atom. The van der Waals surface area contributed by atoms with Crippen LogP contribution in [0.3, 0.4) is 0 Å². The Balaban J connectivity index is 1.52. The van der Waals surface area contributed by atoms with E-state index in [9.17, 15) is 9.50 Å². The van der Waals surface area contributed by atoms with Crippen LogP contribution in [0.5, 0.6) is 5.75 Å². The normalized spacial score (nSPS) is 18.7. The molecule has 3 heterocycles. The third kappa shape index (κ3) is 4.35. The van der Waals surface area contributed by atoms with Gasteiger partial charge >= 0.3 is 0 Å². The standard InChI is InChI=1S/C28H27ClF2N6O/c1-36(2)18-10-8-15(9-11-18)33-28-34-26-19(27(35-28)37-13-16-6-7-17(14-37)32-16)12-20(29)23(25(26)31)24-21(30)4-3-5-22(24)38/h3-5,8-12,16-17,32,38H,6-7,13-14H2,1-2H3,(H,33,34,35). The molecular weight excluding hydrogens is 510 g/mol. The summed E-state index contributed by atoms with van der Waals surface area (Å²) >= 11 is 6.55. The molecule has 2 fully saturated rings.